The van der Waals surface area contributed by atoms with Crippen LogP contribution in [0.5, 0.6) is 5.75 Å². The SMILES string of the molecule is CC(C)=C=C(C)Oc1cccc(CC(O)(P(=O)(O)O)P(=O)(O)O)c1. The summed E-state index contributed by atoms with van der Waals surface area (Å²) in [5.74, 6) is 0.713. The van der Waals surface area contributed by atoms with Crippen molar-refractivity contribution in [1.82, 2.24) is 0 Å². The Balaban J connectivity index is 3.21. The monoisotopic (exact) mass is 378 g/mol. The highest BCUT2D eigenvalue weighted by atomic mass is 31.2. The summed E-state index contributed by atoms with van der Waals surface area (Å²) in [5, 5.41) is 6.44. The molecule has 0 bridgehead atoms. The lowest BCUT2D eigenvalue weighted by Gasteiger charge is -2.29. The molecule has 134 valence electrons. The lowest BCUT2D eigenvalue weighted by atomic mass is 10.1. The summed E-state index contributed by atoms with van der Waals surface area (Å²) in [6, 6.07) is 5.71. The highest BCUT2D eigenvalue weighted by Gasteiger charge is 2.59. The van der Waals surface area contributed by atoms with Crippen LogP contribution in [0.3, 0.4) is 0 Å². The molecule has 0 aliphatic rings. The fourth-order valence-electron chi connectivity index (χ4n) is 1.92. The maximum Gasteiger partial charge on any atom is 0.369 e. The van der Waals surface area contributed by atoms with Gasteiger partial charge in [0, 0.05) is 13.3 Å². The van der Waals surface area contributed by atoms with E-state index in [1.807, 2.05) is 13.8 Å². The van der Waals surface area contributed by atoms with Gasteiger partial charge in [0.05, 0.1) is 0 Å². The predicted molar refractivity (Wildman–Crippen MR) is 87.4 cm³/mol. The van der Waals surface area contributed by atoms with Crippen molar-refractivity contribution in [1.29, 1.82) is 0 Å². The summed E-state index contributed by atoms with van der Waals surface area (Å²) in [5.41, 5.74) is 3.89. The van der Waals surface area contributed by atoms with Crippen molar-refractivity contribution in [2.24, 2.45) is 0 Å². The Morgan fingerprint density at radius 2 is 1.67 bits per heavy atom. The van der Waals surface area contributed by atoms with E-state index in [-0.39, 0.29) is 11.3 Å². The second-order valence-electron chi connectivity index (χ2n) is 5.47. The summed E-state index contributed by atoms with van der Waals surface area (Å²) in [6.07, 6.45) is -0.940. The first-order chi connectivity index (χ1) is 10.8. The summed E-state index contributed by atoms with van der Waals surface area (Å²) in [4.78, 5) is 36.7. The van der Waals surface area contributed by atoms with Crippen molar-refractivity contribution in [2.45, 2.75) is 32.3 Å². The summed E-state index contributed by atoms with van der Waals surface area (Å²) >= 11 is 0. The lowest BCUT2D eigenvalue weighted by molar-refractivity contribution is 0.131. The van der Waals surface area contributed by atoms with Crippen LogP contribution in [0.25, 0.3) is 0 Å². The normalized spacial score (nSPS) is 12.5. The van der Waals surface area contributed by atoms with Gasteiger partial charge in [0.2, 0.25) is 0 Å². The van der Waals surface area contributed by atoms with Crippen molar-refractivity contribution in [3.05, 3.63) is 46.9 Å². The number of aliphatic hydroxyl groups is 1. The minimum Gasteiger partial charge on any atom is -0.454 e. The van der Waals surface area contributed by atoms with Crippen LogP contribution in [0.4, 0.5) is 0 Å². The van der Waals surface area contributed by atoms with E-state index in [0.29, 0.717) is 5.76 Å². The molecule has 0 unspecified atom stereocenters. The number of rotatable bonds is 6. The first-order valence-corrected chi connectivity index (χ1v) is 10.00. The second-order valence-corrected chi connectivity index (χ2v) is 9.48. The predicted octanol–water partition coefficient (Wildman–Crippen LogP) is 2.08. The van der Waals surface area contributed by atoms with Gasteiger partial charge < -0.3 is 29.4 Å². The molecule has 0 aliphatic carbocycles. The van der Waals surface area contributed by atoms with Crippen LogP contribution >= 0.6 is 15.2 Å². The van der Waals surface area contributed by atoms with Gasteiger partial charge in [-0.3, -0.25) is 9.13 Å². The molecule has 0 spiro atoms. The number of ether oxygens (including phenoxy) is 1. The number of benzene rings is 1. The van der Waals surface area contributed by atoms with E-state index in [2.05, 4.69) is 5.73 Å². The van der Waals surface area contributed by atoms with Crippen molar-refractivity contribution >= 4 is 15.2 Å². The molecule has 0 heterocycles. The van der Waals surface area contributed by atoms with Crippen molar-refractivity contribution in [2.75, 3.05) is 0 Å². The molecular weight excluding hydrogens is 358 g/mol. The quantitative estimate of drug-likeness (QED) is 0.287. The molecule has 1 aromatic carbocycles. The van der Waals surface area contributed by atoms with Gasteiger partial charge in [-0.05, 0) is 37.1 Å². The van der Waals surface area contributed by atoms with Gasteiger partial charge in [-0.25, -0.2) is 0 Å². The molecule has 8 nitrogen and oxygen atoms in total. The van der Waals surface area contributed by atoms with Crippen LogP contribution in [0.2, 0.25) is 0 Å². The fraction of sp³-hybridized carbons (Fsp3) is 0.357. The van der Waals surface area contributed by atoms with Crippen LogP contribution < -0.4 is 4.74 Å². The van der Waals surface area contributed by atoms with Gasteiger partial charge in [-0.15, -0.1) is 0 Å². The standard InChI is InChI=1S/C14H20O8P2/c1-10(2)7-11(3)22-13-6-4-5-12(8-13)9-14(15,23(16,17)18)24(19,20)21/h4-6,8,15H,9H2,1-3H3,(H2,16,17,18)(H2,19,20,21). The fourth-order valence-corrected chi connectivity index (χ4v) is 4.06. The highest BCUT2D eigenvalue weighted by Crippen LogP contribution is 2.68. The van der Waals surface area contributed by atoms with E-state index >= 15 is 0 Å². The minimum absolute atomic E-state index is 0.0895. The zero-order valence-electron chi connectivity index (χ0n) is 13.4. The molecule has 0 aliphatic heterocycles. The average molecular weight is 378 g/mol. The topological polar surface area (TPSA) is 145 Å². The maximum absolute atomic E-state index is 11.4. The first-order valence-electron chi connectivity index (χ1n) is 6.77. The van der Waals surface area contributed by atoms with Crippen molar-refractivity contribution in [3.63, 3.8) is 0 Å². The molecule has 0 saturated heterocycles. The smallest absolute Gasteiger partial charge is 0.369 e. The molecule has 0 fully saturated rings. The molecule has 0 saturated carbocycles. The molecule has 0 radical (unpaired) electrons. The highest BCUT2D eigenvalue weighted by molar-refractivity contribution is 7.72. The molecule has 1 rings (SSSR count). The van der Waals surface area contributed by atoms with Crippen LogP contribution in [0.1, 0.15) is 26.3 Å². The van der Waals surface area contributed by atoms with Gasteiger partial charge in [0.15, 0.2) is 0 Å². The van der Waals surface area contributed by atoms with Gasteiger partial charge in [0.1, 0.15) is 11.5 Å². The first kappa shape index (κ1) is 20.8. The third-order valence-corrected chi connectivity index (χ3v) is 6.72. The van der Waals surface area contributed by atoms with Gasteiger partial charge in [0.25, 0.3) is 5.08 Å². The van der Waals surface area contributed by atoms with E-state index < -0.39 is 26.7 Å². The molecule has 0 amide bonds. The minimum atomic E-state index is -5.51. The Kier molecular flexibility index (Phi) is 6.39. The molecule has 5 N–H and O–H groups in total. The summed E-state index contributed by atoms with van der Waals surface area (Å²) in [7, 11) is -11.0. The second kappa shape index (κ2) is 7.36. The Hall–Kier alpha value is -1.20. The zero-order valence-corrected chi connectivity index (χ0v) is 15.2. The lowest BCUT2D eigenvalue weighted by Crippen LogP contribution is -2.31. The van der Waals surface area contributed by atoms with E-state index in [9.17, 15) is 14.2 Å². The van der Waals surface area contributed by atoms with Crippen molar-refractivity contribution in [3.8, 4) is 5.75 Å². The van der Waals surface area contributed by atoms with Crippen LogP contribution in [0, 0.1) is 0 Å². The van der Waals surface area contributed by atoms with Crippen molar-refractivity contribution < 1.29 is 38.5 Å². The zero-order chi connectivity index (χ0) is 18.8. The Labute approximate surface area is 139 Å². The molecular formula is C14H20O8P2. The maximum atomic E-state index is 11.4. The third-order valence-electron chi connectivity index (χ3n) is 2.97. The van der Waals surface area contributed by atoms with E-state index in [4.69, 9.17) is 24.3 Å². The van der Waals surface area contributed by atoms with Crippen LogP contribution in [-0.2, 0) is 15.6 Å². The Morgan fingerprint density at radius 1 is 1.12 bits per heavy atom. The molecule has 24 heavy (non-hydrogen) atoms. The summed E-state index contributed by atoms with van der Waals surface area (Å²) < 4.78 is 28.3. The number of allylic oxidation sites excluding steroid dienone is 1. The number of hydrogen-bond donors (Lipinski definition) is 5. The average Bonchev–Trinajstić information content (AvgIpc) is 2.35. The largest absolute Gasteiger partial charge is 0.454 e. The van der Waals surface area contributed by atoms with E-state index in [1.54, 1.807) is 13.0 Å². The molecule has 0 atom stereocenters. The van der Waals surface area contributed by atoms with Gasteiger partial charge in [-0.1, -0.05) is 17.9 Å². The van der Waals surface area contributed by atoms with Gasteiger partial charge in [-0.2, -0.15) is 0 Å². The van der Waals surface area contributed by atoms with Crippen LogP contribution in [0.15, 0.2) is 41.3 Å². The third kappa shape index (κ3) is 5.15. The number of hydrogen-bond acceptors (Lipinski definition) is 4. The summed E-state index contributed by atoms with van der Waals surface area (Å²) in [6.45, 7) is 5.30. The Morgan fingerprint density at radius 3 is 2.12 bits per heavy atom. The van der Waals surface area contributed by atoms with Crippen LogP contribution in [-0.4, -0.2) is 29.8 Å². The van der Waals surface area contributed by atoms with E-state index in [1.165, 1.54) is 18.2 Å². The van der Waals surface area contributed by atoms with E-state index in [0.717, 1.165) is 5.57 Å². The molecule has 0 aromatic heterocycles. The van der Waals surface area contributed by atoms with Gasteiger partial charge >= 0.3 is 15.2 Å². The Bertz CT molecular complexity index is 741. The molecule has 1 aromatic rings. The molecule has 10 heteroatoms.